The smallest absolute Gasteiger partial charge is 0.335 e. The maximum atomic E-state index is 9.77. The van der Waals surface area contributed by atoms with Crippen molar-refractivity contribution < 1.29 is 25.2 Å². The monoisotopic (exact) mass is 208 g/mol. The van der Waals surface area contributed by atoms with Crippen LogP contribution in [-0.4, -0.2) is 45.2 Å². The van der Waals surface area contributed by atoms with Gasteiger partial charge in [0.2, 0.25) is 0 Å². The number of aliphatic carboxylic acids is 1. The lowest BCUT2D eigenvalue weighted by Crippen LogP contribution is -2.30. The second kappa shape index (κ2) is 5.95. The van der Waals surface area contributed by atoms with Crippen LogP contribution in [0.1, 0.15) is 27.7 Å². The van der Waals surface area contributed by atoms with Gasteiger partial charge >= 0.3 is 5.97 Å². The van der Waals surface area contributed by atoms with Crippen molar-refractivity contribution in [2.24, 2.45) is 5.41 Å². The van der Waals surface area contributed by atoms with E-state index in [4.69, 9.17) is 20.4 Å². The molecule has 0 atom stereocenters. The van der Waals surface area contributed by atoms with Gasteiger partial charge in [0, 0.05) is 5.41 Å². The van der Waals surface area contributed by atoms with Gasteiger partial charge in [0.05, 0.1) is 13.2 Å². The molecule has 0 rings (SSSR count). The Balaban J connectivity index is 0. The van der Waals surface area contributed by atoms with Gasteiger partial charge in [-0.15, -0.1) is 0 Å². The largest absolute Gasteiger partial charge is 0.479 e. The van der Waals surface area contributed by atoms with Crippen molar-refractivity contribution in [3.63, 3.8) is 0 Å². The molecule has 0 aromatic rings. The van der Waals surface area contributed by atoms with E-state index < -0.39 is 11.6 Å². The third-order valence-electron chi connectivity index (χ3n) is 1.38. The van der Waals surface area contributed by atoms with Crippen molar-refractivity contribution in [2.45, 2.75) is 33.3 Å². The van der Waals surface area contributed by atoms with E-state index in [-0.39, 0.29) is 18.6 Å². The van der Waals surface area contributed by atoms with Crippen LogP contribution in [0.4, 0.5) is 0 Å². The normalized spacial score (nSPS) is 11.6. The summed E-state index contributed by atoms with van der Waals surface area (Å²) in [5.74, 6) is -1.20. The van der Waals surface area contributed by atoms with Crippen molar-refractivity contribution in [3.05, 3.63) is 0 Å². The molecular weight excluding hydrogens is 188 g/mol. The molecule has 5 nitrogen and oxygen atoms in total. The number of carboxylic acids is 1. The van der Waals surface area contributed by atoms with E-state index in [1.54, 1.807) is 13.8 Å². The molecule has 0 spiro atoms. The highest BCUT2D eigenvalue weighted by Crippen LogP contribution is 2.10. The number of aliphatic hydroxyl groups excluding tert-OH is 2. The molecule has 0 aliphatic carbocycles. The Hall–Kier alpha value is -0.650. The minimum absolute atomic E-state index is 0.0451. The maximum Gasteiger partial charge on any atom is 0.335 e. The minimum atomic E-state index is -1.58. The molecule has 0 saturated carbocycles. The van der Waals surface area contributed by atoms with Gasteiger partial charge in [0.1, 0.15) is 0 Å². The number of carbonyl (C=O) groups is 1. The van der Waals surface area contributed by atoms with Gasteiger partial charge in [0.15, 0.2) is 5.60 Å². The fourth-order valence-corrected chi connectivity index (χ4v) is 0.0500. The Morgan fingerprint density at radius 1 is 1.07 bits per heavy atom. The zero-order valence-corrected chi connectivity index (χ0v) is 9.11. The molecule has 0 fully saturated rings. The molecule has 14 heavy (non-hydrogen) atoms. The molecule has 0 amide bonds. The third-order valence-corrected chi connectivity index (χ3v) is 1.38. The second-order valence-corrected chi connectivity index (χ2v) is 4.34. The lowest BCUT2D eigenvalue weighted by atomic mass is 9.97. The Kier molecular flexibility index (Phi) is 6.72. The van der Waals surface area contributed by atoms with Crippen molar-refractivity contribution in [2.75, 3.05) is 13.2 Å². The van der Waals surface area contributed by atoms with Crippen LogP contribution in [0, 0.1) is 5.41 Å². The molecule has 86 valence electrons. The summed E-state index contributed by atoms with van der Waals surface area (Å²) >= 11 is 0. The summed E-state index contributed by atoms with van der Waals surface area (Å²) in [5, 5.41) is 33.4. The van der Waals surface area contributed by atoms with Gasteiger partial charge in [-0.3, -0.25) is 0 Å². The van der Waals surface area contributed by atoms with Crippen molar-refractivity contribution in [1.29, 1.82) is 0 Å². The molecule has 0 aliphatic heterocycles. The van der Waals surface area contributed by atoms with Crippen LogP contribution in [0.2, 0.25) is 0 Å². The standard InChI is InChI=1S/C5H12O2.C4H8O3/c1-5(2,3-6)4-7;1-4(2,7)3(5)6/h6-7H,3-4H2,1-2H3;7H,1-2H3,(H,5,6). The molecular formula is C9H20O5. The molecule has 0 aliphatic rings. The van der Waals surface area contributed by atoms with E-state index in [1.807, 2.05) is 0 Å². The van der Waals surface area contributed by atoms with Crippen molar-refractivity contribution >= 4 is 5.97 Å². The first-order valence-electron chi connectivity index (χ1n) is 4.24. The van der Waals surface area contributed by atoms with Gasteiger partial charge in [-0.25, -0.2) is 4.79 Å². The van der Waals surface area contributed by atoms with Crippen molar-refractivity contribution in [1.82, 2.24) is 0 Å². The van der Waals surface area contributed by atoms with Gasteiger partial charge in [0.25, 0.3) is 0 Å². The van der Waals surface area contributed by atoms with Crippen LogP contribution in [0.3, 0.4) is 0 Å². The first-order chi connectivity index (χ1) is 6.06. The van der Waals surface area contributed by atoms with Crippen LogP contribution in [0.25, 0.3) is 0 Å². The number of carboxylic acid groups (broad SMARTS) is 1. The van der Waals surface area contributed by atoms with E-state index in [0.29, 0.717) is 0 Å². The molecule has 5 heteroatoms. The zero-order valence-electron chi connectivity index (χ0n) is 9.11. The first-order valence-corrected chi connectivity index (χ1v) is 4.24. The summed E-state index contributed by atoms with van der Waals surface area (Å²) in [6.45, 7) is 6.12. The first kappa shape index (κ1) is 15.8. The highest BCUT2D eigenvalue weighted by atomic mass is 16.4. The fourth-order valence-electron chi connectivity index (χ4n) is 0.0500. The van der Waals surface area contributed by atoms with Crippen molar-refractivity contribution in [3.8, 4) is 0 Å². The Labute approximate surface area is 84.0 Å². The Morgan fingerprint density at radius 2 is 1.29 bits per heavy atom. The predicted octanol–water partition coefficient (Wildman–Crippen LogP) is -0.161. The quantitative estimate of drug-likeness (QED) is 0.516. The molecule has 4 N–H and O–H groups in total. The molecule has 0 aromatic heterocycles. The predicted molar refractivity (Wildman–Crippen MR) is 51.9 cm³/mol. The van der Waals surface area contributed by atoms with E-state index in [1.165, 1.54) is 13.8 Å². The average Bonchev–Trinajstić information content (AvgIpc) is 2.04. The maximum absolute atomic E-state index is 9.77. The van der Waals surface area contributed by atoms with Gasteiger partial charge < -0.3 is 20.4 Å². The minimum Gasteiger partial charge on any atom is -0.479 e. The molecule has 0 saturated heterocycles. The highest BCUT2D eigenvalue weighted by molar-refractivity contribution is 5.75. The van der Waals surface area contributed by atoms with E-state index in [9.17, 15) is 4.79 Å². The number of aliphatic hydroxyl groups is 3. The number of hydrogen-bond donors (Lipinski definition) is 4. The molecule has 0 bridgehead atoms. The zero-order chi connectivity index (χ0) is 12.0. The van der Waals surface area contributed by atoms with Crippen LogP contribution in [-0.2, 0) is 4.79 Å². The van der Waals surface area contributed by atoms with Crippen LogP contribution >= 0.6 is 0 Å². The summed E-state index contributed by atoms with van der Waals surface area (Å²) in [4.78, 5) is 9.77. The van der Waals surface area contributed by atoms with Gasteiger partial charge in [-0.1, -0.05) is 13.8 Å². The third kappa shape index (κ3) is 9.44. The van der Waals surface area contributed by atoms with Crippen LogP contribution in [0.5, 0.6) is 0 Å². The molecule has 0 heterocycles. The van der Waals surface area contributed by atoms with Crippen LogP contribution < -0.4 is 0 Å². The SMILES string of the molecule is CC(C)(CO)CO.CC(C)(O)C(=O)O. The summed E-state index contributed by atoms with van der Waals surface area (Å²) in [7, 11) is 0. The van der Waals surface area contributed by atoms with Gasteiger partial charge in [-0.2, -0.15) is 0 Å². The summed E-state index contributed by atoms with van der Waals surface area (Å²) in [6.07, 6.45) is 0. The van der Waals surface area contributed by atoms with Crippen LogP contribution in [0.15, 0.2) is 0 Å². The second-order valence-electron chi connectivity index (χ2n) is 4.34. The summed E-state index contributed by atoms with van der Waals surface area (Å²) < 4.78 is 0. The Bertz CT molecular complexity index is 163. The summed E-state index contributed by atoms with van der Waals surface area (Å²) in [6, 6.07) is 0. The Morgan fingerprint density at radius 3 is 1.29 bits per heavy atom. The average molecular weight is 208 g/mol. The number of rotatable bonds is 3. The van der Waals surface area contributed by atoms with E-state index >= 15 is 0 Å². The summed E-state index contributed by atoms with van der Waals surface area (Å²) in [5.41, 5.74) is -1.89. The topological polar surface area (TPSA) is 98.0 Å². The fraction of sp³-hybridized carbons (Fsp3) is 0.889. The molecule has 0 radical (unpaired) electrons. The molecule has 0 unspecified atom stereocenters. The molecule has 0 aromatic carbocycles. The van der Waals surface area contributed by atoms with E-state index in [2.05, 4.69) is 0 Å². The lowest BCUT2D eigenvalue weighted by Gasteiger charge is -2.16. The number of hydrogen-bond acceptors (Lipinski definition) is 4. The highest BCUT2D eigenvalue weighted by Gasteiger charge is 2.21. The van der Waals surface area contributed by atoms with Gasteiger partial charge in [-0.05, 0) is 13.8 Å². The van der Waals surface area contributed by atoms with E-state index in [0.717, 1.165) is 0 Å². The lowest BCUT2D eigenvalue weighted by molar-refractivity contribution is -0.154.